The largest absolute Gasteiger partial charge is 0.441 e. The van der Waals surface area contributed by atoms with Gasteiger partial charge in [-0.2, -0.15) is 0 Å². The van der Waals surface area contributed by atoms with E-state index < -0.39 is 10.0 Å². The van der Waals surface area contributed by atoms with Crippen LogP contribution in [0.5, 0.6) is 0 Å². The van der Waals surface area contributed by atoms with Crippen molar-refractivity contribution in [1.82, 2.24) is 4.98 Å². The minimum absolute atomic E-state index is 0.0896. The van der Waals surface area contributed by atoms with Crippen molar-refractivity contribution in [1.29, 1.82) is 0 Å². The second-order valence-corrected chi connectivity index (χ2v) is 10.2. The van der Waals surface area contributed by atoms with Gasteiger partial charge in [-0.3, -0.25) is 4.31 Å². The van der Waals surface area contributed by atoms with Crippen molar-refractivity contribution in [2.24, 2.45) is 0 Å². The summed E-state index contributed by atoms with van der Waals surface area (Å²) in [5.74, 6) is 1.09. The molecule has 0 radical (unpaired) electrons. The molecule has 5 nitrogen and oxygen atoms in total. The topological polar surface area (TPSA) is 63.4 Å². The van der Waals surface area contributed by atoms with Crippen molar-refractivity contribution >= 4 is 27.0 Å². The average molecular weight is 439 g/mol. The molecular weight excluding hydrogens is 416 g/mol. The number of aryl methyl sites for hydroxylation is 3. The number of hydrogen-bond donors (Lipinski definition) is 0. The van der Waals surface area contributed by atoms with Gasteiger partial charge in [0.2, 0.25) is 5.89 Å². The molecule has 4 aromatic rings. The number of benzene rings is 2. The molecule has 154 valence electrons. The van der Waals surface area contributed by atoms with E-state index in [0.29, 0.717) is 27.2 Å². The van der Waals surface area contributed by atoms with Crippen molar-refractivity contribution in [2.45, 2.75) is 31.5 Å². The van der Waals surface area contributed by atoms with Crippen LogP contribution in [-0.2, 0) is 16.6 Å². The second-order valence-electron chi connectivity index (χ2n) is 7.12. The second kappa shape index (κ2) is 8.08. The fourth-order valence-electron chi connectivity index (χ4n) is 3.19. The summed E-state index contributed by atoms with van der Waals surface area (Å²) in [6.07, 6.45) is 0. The van der Waals surface area contributed by atoms with E-state index in [1.54, 1.807) is 17.5 Å². The van der Waals surface area contributed by atoms with Gasteiger partial charge in [0.05, 0.1) is 12.2 Å². The summed E-state index contributed by atoms with van der Waals surface area (Å²) in [4.78, 5) is 4.63. The standard InChI is InChI=1S/C23H22N2O3S2/c1-16-10-12-19(13-11-16)23-24-20(18(3)28-23)15-25(21-8-5-4-7-17(21)2)30(26,27)22-9-6-14-29-22/h4-14H,15H2,1-3H3. The van der Waals surface area contributed by atoms with Crippen molar-refractivity contribution in [3.8, 4) is 11.5 Å². The highest BCUT2D eigenvalue weighted by Gasteiger charge is 2.29. The van der Waals surface area contributed by atoms with Crippen LogP contribution in [0.15, 0.2) is 74.7 Å². The Morgan fingerprint density at radius 2 is 1.70 bits per heavy atom. The molecule has 0 aliphatic rings. The first kappa shape index (κ1) is 20.4. The summed E-state index contributed by atoms with van der Waals surface area (Å²) in [6, 6.07) is 18.7. The predicted molar refractivity (Wildman–Crippen MR) is 120 cm³/mol. The fraction of sp³-hybridized carbons (Fsp3) is 0.174. The van der Waals surface area contributed by atoms with Gasteiger partial charge < -0.3 is 4.42 Å². The predicted octanol–water partition coefficient (Wildman–Crippen LogP) is 5.72. The number of para-hydroxylation sites is 1. The minimum Gasteiger partial charge on any atom is -0.441 e. The van der Waals surface area contributed by atoms with Crippen LogP contribution in [0.2, 0.25) is 0 Å². The van der Waals surface area contributed by atoms with E-state index in [9.17, 15) is 8.42 Å². The van der Waals surface area contributed by atoms with Gasteiger partial charge in [0.25, 0.3) is 10.0 Å². The van der Waals surface area contributed by atoms with Crippen LogP contribution in [0.1, 0.15) is 22.6 Å². The molecule has 0 saturated heterocycles. The Balaban J connectivity index is 1.76. The molecule has 0 N–H and O–H groups in total. The Bertz CT molecular complexity index is 1260. The molecular formula is C23H22N2O3S2. The molecule has 7 heteroatoms. The number of thiophene rings is 1. The number of rotatable bonds is 6. The zero-order valence-electron chi connectivity index (χ0n) is 17.0. The Morgan fingerprint density at radius 3 is 2.37 bits per heavy atom. The number of sulfonamides is 1. The van der Waals surface area contributed by atoms with Crippen LogP contribution in [0.25, 0.3) is 11.5 Å². The van der Waals surface area contributed by atoms with Crippen LogP contribution >= 0.6 is 11.3 Å². The van der Waals surface area contributed by atoms with E-state index in [0.717, 1.165) is 16.7 Å². The fourth-order valence-corrected chi connectivity index (χ4v) is 5.79. The third-order valence-corrected chi connectivity index (χ3v) is 8.04. The van der Waals surface area contributed by atoms with Crippen molar-refractivity contribution < 1.29 is 12.8 Å². The molecule has 0 saturated carbocycles. The van der Waals surface area contributed by atoms with Gasteiger partial charge in [-0.25, -0.2) is 13.4 Å². The Hall–Kier alpha value is -2.90. The Labute approximate surface area is 180 Å². The maximum absolute atomic E-state index is 13.5. The van der Waals surface area contributed by atoms with Gasteiger partial charge in [0, 0.05) is 5.56 Å². The van der Waals surface area contributed by atoms with Crippen molar-refractivity contribution in [3.63, 3.8) is 0 Å². The first-order chi connectivity index (χ1) is 14.4. The summed E-state index contributed by atoms with van der Waals surface area (Å²) in [5, 5.41) is 1.76. The molecule has 0 atom stereocenters. The molecule has 0 aliphatic carbocycles. The molecule has 0 bridgehead atoms. The lowest BCUT2D eigenvalue weighted by molar-refractivity contribution is 0.539. The third kappa shape index (κ3) is 3.91. The molecule has 2 aromatic carbocycles. The normalized spacial score (nSPS) is 11.6. The van der Waals surface area contributed by atoms with Crippen LogP contribution in [-0.4, -0.2) is 13.4 Å². The number of anilines is 1. The Morgan fingerprint density at radius 1 is 0.967 bits per heavy atom. The first-order valence-electron chi connectivity index (χ1n) is 9.51. The van der Waals surface area contributed by atoms with Gasteiger partial charge in [-0.15, -0.1) is 11.3 Å². The first-order valence-corrected chi connectivity index (χ1v) is 11.8. The Kier molecular flexibility index (Phi) is 5.49. The van der Waals surface area contributed by atoms with E-state index in [-0.39, 0.29) is 6.54 Å². The highest BCUT2D eigenvalue weighted by Crippen LogP contribution is 2.32. The quantitative estimate of drug-likeness (QED) is 0.386. The summed E-state index contributed by atoms with van der Waals surface area (Å²) in [5.41, 5.74) is 4.10. The van der Waals surface area contributed by atoms with E-state index in [4.69, 9.17) is 4.42 Å². The molecule has 2 heterocycles. The minimum atomic E-state index is -3.74. The van der Waals surface area contributed by atoms with Gasteiger partial charge in [-0.05, 0) is 56.0 Å². The van der Waals surface area contributed by atoms with Crippen LogP contribution in [0.4, 0.5) is 5.69 Å². The summed E-state index contributed by atoms with van der Waals surface area (Å²) in [7, 11) is -3.74. The SMILES string of the molecule is Cc1ccc(-c2nc(CN(c3ccccc3C)S(=O)(=O)c3cccs3)c(C)o2)cc1. The monoisotopic (exact) mass is 438 g/mol. The summed E-state index contributed by atoms with van der Waals surface area (Å²) >= 11 is 1.20. The van der Waals surface area contributed by atoms with Crippen molar-refractivity contribution in [3.05, 3.63) is 88.6 Å². The molecule has 0 amide bonds. The van der Waals surface area contributed by atoms with Gasteiger partial charge >= 0.3 is 0 Å². The van der Waals surface area contributed by atoms with E-state index in [1.807, 2.05) is 69.3 Å². The molecule has 0 spiro atoms. The van der Waals surface area contributed by atoms with Gasteiger partial charge in [0.1, 0.15) is 15.7 Å². The molecule has 2 aromatic heterocycles. The van der Waals surface area contributed by atoms with Crippen LogP contribution < -0.4 is 4.31 Å². The van der Waals surface area contributed by atoms with Crippen LogP contribution in [0, 0.1) is 20.8 Å². The van der Waals surface area contributed by atoms with E-state index >= 15 is 0 Å². The molecule has 0 aliphatic heterocycles. The molecule has 4 rings (SSSR count). The van der Waals surface area contributed by atoms with Crippen molar-refractivity contribution in [2.75, 3.05) is 4.31 Å². The van der Waals surface area contributed by atoms with E-state index in [2.05, 4.69) is 4.98 Å². The molecule has 30 heavy (non-hydrogen) atoms. The number of oxazole rings is 1. The maximum Gasteiger partial charge on any atom is 0.274 e. The van der Waals surface area contributed by atoms with Crippen LogP contribution in [0.3, 0.4) is 0 Å². The highest BCUT2D eigenvalue weighted by molar-refractivity contribution is 7.94. The number of aromatic nitrogens is 1. The molecule has 0 unspecified atom stereocenters. The average Bonchev–Trinajstić information content (AvgIpc) is 3.38. The lowest BCUT2D eigenvalue weighted by Gasteiger charge is -2.24. The number of hydrogen-bond acceptors (Lipinski definition) is 5. The lowest BCUT2D eigenvalue weighted by Crippen LogP contribution is -2.31. The van der Waals surface area contributed by atoms with Gasteiger partial charge in [-0.1, -0.05) is 42.0 Å². The maximum atomic E-state index is 13.5. The lowest BCUT2D eigenvalue weighted by atomic mass is 10.1. The molecule has 0 fully saturated rings. The zero-order chi connectivity index (χ0) is 21.3. The third-order valence-electron chi connectivity index (χ3n) is 4.91. The van der Waals surface area contributed by atoms with Gasteiger partial charge in [0.15, 0.2) is 0 Å². The highest BCUT2D eigenvalue weighted by atomic mass is 32.2. The number of nitrogens with zero attached hydrogens (tertiary/aromatic N) is 2. The zero-order valence-corrected chi connectivity index (χ0v) is 18.6. The van der Waals surface area contributed by atoms with E-state index in [1.165, 1.54) is 15.6 Å². The summed E-state index contributed by atoms with van der Waals surface area (Å²) < 4.78 is 34.5. The smallest absolute Gasteiger partial charge is 0.274 e. The summed E-state index contributed by atoms with van der Waals surface area (Å²) in [6.45, 7) is 5.82.